The van der Waals surface area contributed by atoms with Crippen molar-refractivity contribution in [2.45, 2.75) is 13.1 Å². The summed E-state index contributed by atoms with van der Waals surface area (Å²) in [6.07, 6.45) is 1.70. The van der Waals surface area contributed by atoms with Gasteiger partial charge in [-0.3, -0.25) is 9.48 Å². The minimum atomic E-state index is 0.0212. The van der Waals surface area contributed by atoms with Crippen molar-refractivity contribution in [2.24, 2.45) is 0 Å². The number of methoxy groups -OCH3 is 1. The van der Waals surface area contributed by atoms with Crippen molar-refractivity contribution in [2.75, 3.05) is 13.7 Å². The molecular weight excluding hydrogens is 288 g/mol. The SMILES string of the molecule is COc1cnn2c1CN(C(=O)c1cc3sccc3[nH]1)CC2. The van der Waals surface area contributed by atoms with Crippen molar-refractivity contribution < 1.29 is 9.53 Å². The Morgan fingerprint density at radius 3 is 3.19 bits per heavy atom. The third-order valence-electron chi connectivity index (χ3n) is 3.81. The van der Waals surface area contributed by atoms with Crippen LogP contribution in [0, 0.1) is 0 Å². The Bertz CT molecular complexity index is 774. The summed E-state index contributed by atoms with van der Waals surface area (Å²) in [5.74, 6) is 0.757. The highest BCUT2D eigenvalue weighted by Gasteiger charge is 2.26. The quantitative estimate of drug-likeness (QED) is 0.788. The summed E-state index contributed by atoms with van der Waals surface area (Å²) in [6.45, 7) is 1.87. The van der Waals surface area contributed by atoms with E-state index in [2.05, 4.69) is 10.1 Å². The Morgan fingerprint density at radius 2 is 2.38 bits per heavy atom. The van der Waals surface area contributed by atoms with Gasteiger partial charge in [-0.1, -0.05) is 0 Å². The van der Waals surface area contributed by atoms with Crippen molar-refractivity contribution in [1.29, 1.82) is 0 Å². The molecule has 0 unspecified atom stereocenters. The van der Waals surface area contributed by atoms with Gasteiger partial charge in [0.15, 0.2) is 5.75 Å². The van der Waals surface area contributed by atoms with E-state index in [1.807, 2.05) is 27.1 Å². The number of aromatic nitrogens is 3. The topological polar surface area (TPSA) is 63.1 Å². The summed E-state index contributed by atoms with van der Waals surface area (Å²) in [4.78, 5) is 17.6. The molecule has 0 aromatic carbocycles. The molecule has 4 rings (SSSR count). The highest BCUT2D eigenvalue weighted by Crippen LogP contribution is 2.26. The average Bonchev–Trinajstić information content (AvgIpc) is 3.19. The maximum absolute atomic E-state index is 12.6. The molecule has 0 radical (unpaired) electrons. The number of thiophene rings is 1. The lowest BCUT2D eigenvalue weighted by Crippen LogP contribution is -2.38. The second-order valence-electron chi connectivity index (χ2n) is 4.99. The van der Waals surface area contributed by atoms with E-state index in [4.69, 9.17) is 4.74 Å². The molecule has 6 nitrogen and oxygen atoms in total. The summed E-state index contributed by atoms with van der Waals surface area (Å²) in [7, 11) is 1.62. The van der Waals surface area contributed by atoms with Gasteiger partial charge in [0.1, 0.15) is 5.69 Å². The molecule has 1 N–H and O–H groups in total. The average molecular weight is 302 g/mol. The molecule has 3 aromatic heterocycles. The van der Waals surface area contributed by atoms with Gasteiger partial charge in [0.05, 0.1) is 42.3 Å². The third kappa shape index (κ3) is 1.92. The van der Waals surface area contributed by atoms with Crippen molar-refractivity contribution >= 4 is 27.5 Å². The molecule has 1 aliphatic rings. The van der Waals surface area contributed by atoms with Gasteiger partial charge in [0.25, 0.3) is 5.91 Å². The summed E-state index contributed by atoms with van der Waals surface area (Å²) < 4.78 is 8.30. The zero-order valence-corrected chi connectivity index (χ0v) is 12.3. The van der Waals surface area contributed by atoms with Crippen LogP contribution in [0.2, 0.25) is 0 Å². The van der Waals surface area contributed by atoms with E-state index in [1.165, 1.54) is 0 Å². The first kappa shape index (κ1) is 12.5. The van der Waals surface area contributed by atoms with Crippen LogP contribution in [0.25, 0.3) is 10.2 Å². The molecule has 0 atom stereocenters. The van der Waals surface area contributed by atoms with Crippen molar-refractivity contribution in [1.82, 2.24) is 19.7 Å². The molecule has 0 saturated carbocycles. The van der Waals surface area contributed by atoms with E-state index in [0.717, 1.165) is 21.7 Å². The summed E-state index contributed by atoms with van der Waals surface area (Å²) in [5, 5.41) is 6.28. The van der Waals surface area contributed by atoms with Gasteiger partial charge < -0.3 is 14.6 Å². The normalized spacial score (nSPS) is 14.4. The molecule has 4 heterocycles. The molecule has 7 heteroatoms. The summed E-state index contributed by atoms with van der Waals surface area (Å²) in [6, 6.07) is 3.91. The number of hydrogen-bond donors (Lipinski definition) is 1. The molecule has 108 valence electrons. The van der Waals surface area contributed by atoms with Crippen LogP contribution in [0.15, 0.2) is 23.7 Å². The molecule has 3 aromatic rings. The number of aromatic amines is 1. The van der Waals surface area contributed by atoms with E-state index in [0.29, 0.717) is 25.3 Å². The van der Waals surface area contributed by atoms with Crippen LogP contribution >= 0.6 is 11.3 Å². The summed E-state index contributed by atoms with van der Waals surface area (Å²) >= 11 is 1.63. The van der Waals surface area contributed by atoms with E-state index in [-0.39, 0.29) is 5.91 Å². The number of hydrogen-bond acceptors (Lipinski definition) is 4. The fourth-order valence-corrected chi connectivity index (χ4v) is 3.48. The van der Waals surface area contributed by atoms with E-state index < -0.39 is 0 Å². The molecule has 1 amide bonds. The largest absolute Gasteiger partial charge is 0.493 e. The van der Waals surface area contributed by atoms with Gasteiger partial charge in [0.2, 0.25) is 0 Å². The number of nitrogens with zero attached hydrogens (tertiary/aromatic N) is 3. The lowest BCUT2D eigenvalue weighted by molar-refractivity contribution is 0.0699. The first-order valence-corrected chi connectivity index (χ1v) is 7.58. The first-order chi connectivity index (χ1) is 10.3. The molecule has 0 spiro atoms. The molecule has 0 saturated heterocycles. The number of carbonyl (C=O) groups is 1. The number of rotatable bonds is 2. The van der Waals surface area contributed by atoms with E-state index in [1.54, 1.807) is 24.6 Å². The number of amides is 1. The van der Waals surface area contributed by atoms with Crippen LogP contribution in [0.3, 0.4) is 0 Å². The van der Waals surface area contributed by atoms with Gasteiger partial charge in [-0.25, -0.2) is 0 Å². The second kappa shape index (κ2) is 4.63. The van der Waals surface area contributed by atoms with Crippen LogP contribution in [-0.2, 0) is 13.1 Å². The minimum absolute atomic E-state index is 0.0212. The van der Waals surface area contributed by atoms with Gasteiger partial charge in [-0.15, -0.1) is 11.3 Å². The number of nitrogens with one attached hydrogen (secondary N) is 1. The van der Waals surface area contributed by atoms with Crippen LogP contribution in [0.1, 0.15) is 16.2 Å². The third-order valence-corrected chi connectivity index (χ3v) is 4.67. The zero-order valence-electron chi connectivity index (χ0n) is 11.5. The van der Waals surface area contributed by atoms with Crippen molar-refractivity contribution in [3.63, 3.8) is 0 Å². The molecule has 1 aliphatic heterocycles. The lowest BCUT2D eigenvalue weighted by Gasteiger charge is -2.27. The Hall–Kier alpha value is -2.28. The number of fused-ring (bicyclic) bond motifs is 2. The number of ether oxygens (including phenoxy) is 1. The highest BCUT2D eigenvalue weighted by atomic mass is 32.1. The van der Waals surface area contributed by atoms with Gasteiger partial charge >= 0.3 is 0 Å². The first-order valence-electron chi connectivity index (χ1n) is 6.70. The second-order valence-corrected chi connectivity index (χ2v) is 5.94. The zero-order chi connectivity index (χ0) is 14.4. The highest BCUT2D eigenvalue weighted by molar-refractivity contribution is 7.17. The van der Waals surface area contributed by atoms with Crippen molar-refractivity contribution in [3.8, 4) is 5.75 Å². The van der Waals surface area contributed by atoms with Crippen molar-refractivity contribution in [3.05, 3.63) is 35.1 Å². The Balaban J connectivity index is 1.62. The molecular formula is C14H14N4O2S. The lowest BCUT2D eigenvalue weighted by atomic mass is 10.2. The predicted octanol–water partition coefficient (Wildman–Crippen LogP) is 2.09. The fourth-order valence-electron chi connectivity index (χ4n) is 2.70. The monoisotopic (exact) mass is 302 g/mol. The molecule has 0 fully saturated rings. The Morgan fingerprint density at radius 1 is 1.48 bits per heavy atom. The van der Waals surface area contributed by atoms with Crippen LogP contribution < -0.4 is 4.74 Å². The van der Waals surface area contributed by atoms with Gasteiger partial charge in [-0.05, 0) is 17.5 Å². The smallest absolute Gasteiger partial charge is 0.270 e. The van der Waals surface area contributed by atoms with E-state index >= 15 is 0 Å². The van der Waals surface area contributed by atoms with Crippen LogP contribution in [0.5, 0.6) is 5.75 Å². The summed E-state index contributed by atoms with van der Waals surface area (Å²) in [5.41, 5.74) is 2.61. The molecule has 0 bridgehead atoms. The van der Waals surface area contributed by atoms with Gasteiger partial charge in [0, 0.05) is 6.54 Å². The van der Waals surface area contributed by atoms with Crippen LogP contribution in [-0.4, -0.2) is 39.2 Å². The number of carbonyl (C=O) groups excluding carboxylic acids is 1. The molecule has 0 aliphatic carbocycles. The molecule has 21 heavy (non-hydrogen) atoms. The number of H-pyrrole nitrogens is 1. The predicted molar refractivity (Wildman–Crippen MR) is 79.7 cm³/mol. The standard InChI is InChI=1S/C14H14N4O2S/c1-20-12-7-15-18-4-3-17(8-11(12)18)14(19)10-6-13-9(16-10)2-5-21-13/h2,5-7,16H,3-4,8H2,1H3. The van der Waals surface area contributed by atoms with Gasteiger partial charge in [-0.2, -0.15) is 5.10 Å². The Kier molecular flexibility index (Phi) is 2.75. The maximum atomic E-state index is 12.6. The maximum Gasteiger partial charge on any atom is 0.270 e. The van der Waals surface area contributed by atoms with Crippen LogP contribution in [0.4, 0.5) is 0 Å². The Labute approximate surface area is 124 Å². The fraction of sp³-hybridized carbons (Fsp3) is 0.286. The van der Waals surface area contributed by atoms with E-state index in [9.17, 15) is 4.79 Å². The minimum Gasteiger partial charge on any atom is -0.493 e.